The van der Waals surface area contributed by atoms with Crippen LogP contribution in [0.1, 0.15) is 13.8 Å². The maximum atomic E-state index is 5.55. The molecule has 0 aliphatic heterocycles. The van der Waals surface area contributed by atoms with Crippen LogP contribution >= 0.6 is 15.9 Å². The van der Waals surface area contributed by atoms with E-state index in [-0.39, 0.29) is 0 Å². The Morgan fingerprint density at radius 3 is 2.33 bits per heavy atom. The largest absolute Gasteiger partial charge is 0.495 e. The van der Waals surface area contributed by atoms with Gasteiger partial charge in [0.25, 0.3) is 0 Å². The van der Waals surface area contributed by atoms with E-state index >= 15 is 0 Å². The van der Waals surface area contributed by atoms with Crippen molar-refractivity contribution in [2.45, 2.75) is 13.8 Å². The third-order valence-electron chi connectivity index (χ3n) is 1.20. The van der Waals surface area contributed by atoms with E-state index in [0.717, 1.165) is 4.47 Å². The van der Waals surface area contributed by atoms with Crippen molar-refractivity contribution >= 4 is 21.6 Å². The fraction of sp³-hybridized carbons (Fsp3) is 0.333. The normalized spacial score (nSPS) is 8.33. The van der Waals surface area contributed by atoms with Crippen LogP contribution in [-0.4, -0.2) is 7.11 Å². The van der Waals surface area contributed by atoms with Crippen LogP contribution < -0.4 is 10.5 Å². The zero-order valence-corrected chi connectivity index (χ0v) is 9.18. The predicted molar refractivity (Wildman–Crippen MR) is 56.5 cm³/mol. The van der Waals surface area contributed by atoms with Crippen LogP contribution in [0.3, 0.4) is 0 Å². The van der Waals surface area contributed by atoms with Crippen molar-refractivity contribution < 1.29 is 4.74 Å². The average molecular weight is 232 g/mol. The molecule has 0 saturated carbocycles. The van der Waals surface area contributed by atoms with Crippen molar-refractivity contribution in [1.29, 1.82) is 0 Å². The smallest absolute Gasteiger partial charge is 0.142 e. The second kappa shape index (κ2) is 5.89. The fourth-order valence-electron chi connectivity index (χ4n) is 0.685. The number of anilines is 1. The molecule has 0 unspecified atom stereocenters. The lowest BCUT2D eigenvalue weighted by Gasteiger charge is -2.02. The average Bonchev–Trinajstić information content (AvgIpc) is 2.13. The summed E-state index contributed by atoms with van der Waals surface area (Å²) in [5.41, 5.74) is 6.21. The van der Waals surface area contributed by atoms with Gasteiger partial charge in [-0.15, -0.1) is 0 Å². The van der Waals surface area contributed by atoms with Crippen molar-refractivity contribution in [2.75, 3.05) is 12.8 Å². The van der Waals surface area contributed by atoms with E-state index in [1.54, 1.807) is 13.2 Å². The molecular weight excluding hydrogens is 218 g/mol. The third-order valence-corrected chi connectivity index (χ3v) is 1.69. The Balaban J connectivity index is 0.000000561. The Labute approximate surface area is 81.9 Å². The molecule has 3 heteroatoms. The number of hydrogen-bond donors (Lipinski definition) is 1. The van der Waals surface area contributed by atoms with E-state index in [2.05, 4.69) is 15.9 Å². The van der Waals surface area contributed by atoms with Crippen LogP contribution in [0.15, 0.2) is 22.7 Å². The molecule has 0 bridgehead atoms. The molecule has 0 aromatic heterocycles. The summed E-state index contributed by atoms with van der Waals surface area (Å²) >= 11 is 3.30. The van der Waals surface area contributed by atoms with Gasteiger partial charge in [0, 0.05) is 4.47 Å². The van der Waals surface area contributed by atoms with E-state index in [1.807, 2.05) is 26.0 Å². The summed E-state index contributed by atoms with van der Waals surface area (Å²) in [7, 11) is 1.60. The highest BCUT2D eigenvalue weighted by molar-refractivity contribution is 9.10. The molecule has 0 atom stereocenters. The molecule has 0 heterocycles. The van der Waals surface area contributed by atoms with E-state index in [1.165, 1.54) is 0 Å². The van der Waals surface area contributed by atoms with Crippen molar-refractivity contribution in [3.8, 4) is 5.75 Å². The molecule has 0 saturated heterocycles. The maximum Gasteiger partial charge on any atom is 0.142 e. The lowest BCUT2D eigenvalue weighted by atomic mass is 10.3. The van der Waals surface area contributed by atoms with Crippen LogP contribution in [0.4, 0.5) is 5.69 Å². The van der Waals surface area contributed by atoms with Gasteiger partial charge in [-0.1, -0.05) is 29.8 Å². The van der Waals surface area contributed by atoms with Gasteiger partial charge in [-0.05, 0) is 18.2 Å². The summed E-state index contributed by atoms with van der Waals surface area (Å²) < 4.78 is 5.94. The molecule has 0 spiro atoms. The van der Waals surface area contributed by atoms with Crippen molar-refractivity contribution in [3.05, 3.63) is 22.7 Å². The van der Waals surface area contributed by atoms with E-state index in [9.17, 15) is 0 Å². The summed E-state index contributed by atoms with van der Waals surface area (Å²) in [5, 5.41) is 0. The molecule has 0 fully saturated rings. The van der Waals surface area contributed by atoms with Gasteiger partial charge < -0.3 is 10.5 Å². The molecule has 0 aliphatic carbocycles. The van der Waals surface area contributed by atoms with Gasteiger partial charge in [0.2, 0.25) is 0 Å². The molecule has 0 amide bonds. The first-order valence-corrected chi connectivity index (χ1v) is 4.62. The number of nitrogen functional groups attached to an aromatic ring is 1. The second-order valence-corrected chi connectivity index (χ2v) is 2.80. The first-order chi connectivity index (χ1) is 5.74. The minimum atomic E-state index is 0.658. The first kappa shape index (κ1) is 11.3. The third kappa shape index (κ3) is 3.13. The minimum absolute atomic E-state index is 0.658. The van der Waals surface area contributed by atoms with Gasteiger partial charge in [-0.25, -0.2) is 0 Å². The number of nitrogens with two attached hydrogens (primary N) is 1. The number of rotatable bonds is 1. The summed E-state index contributed by atoms with van der Waals surface area (Å²) in [6.45, 7) is 4.00. The molecule has 0 radical (unpaired) electrons. The van der Waals surface area contributed by atoms with Gasteiger partial charge in [0.05, 0.1) is 12.8 Å². The second-order valence-electron chi connectivity index (χ2n) is 1.89. The van der Waals surface area contributed by atoms with Gasteiger partial charge in [-0.3, -0.25) is 0 Å². The lowest BCUT2D eigenvalue weighted by molar-refractivity contribution is 0.416. The molecular formula is C9H14BrNO. The van der Waals surface area contributed by atoms with Crippen molar-refractivity contribution in [2.24, 2.45) is 0 Å². The lowest BCUT2D eigenvalue weighted by Crippen LogP contribution is -1.90. The molecule has 12 heavy (non-hydrogen) atoms. The van der Waals surface area contributed by atoms with Gasteiger partial charge in [-0.2, -0.15) is 0 Å². The summed E-state index contributed by atoms with van der Waals surface area (Å²) in [5.74, 6) is 0.703. The van der Waals surface area contributed by atoms with Crippen LogP contribution in [0, 0.1) is 0 Å². The number of halogens is 1. The molecule has 2 nitrogen and oxygen atoms in total. The summed E-state index contributed by atoms with van der Waals surface area (Å²) in [6.07, 6.45) is 0. The molecule has 1 aromatic carbocycles. The molecule has 0 aliphatic rings. The monoisotopic (exact) mass is 231 g/mol. The Morgan fingerprint density at radius 1 is 1.33 bits per heavy atom. The van der Waals surface area contributed by atoms with Crippen molar-refractivity contribution in [1.82, 2.24) is 0 Å². The van der Waals surface area contributed by atoms with Crippen LogP contribution in [0.5, 0.6) is 5.75 Å². The minimum Gasteiger partial charge on any atom is -0.495 e. The zero-order valence-electron chi connectivity index (χ0n) is 7.60. The van der Waals surface area contributed by atoms with E-state index in [4.69, 9.17) is 10.5 Å². The van der Waals surface area contributed by atoms with E-state index < -0.39 is 0 Å². The number of hydrogen-bond acceptors (Lipinski definition) is 2. The topological polar surface area (TPSA) is 35.2 Å². The van der Waals surface area contributed by atoms with Crippen LogP contribution in [0.2, 0.25) is 0 Å². The molecule has 68 valence electrons. The standard InChI is InChI=1S/C7H8BrNO.C2H6/c1-10-7-4-5(8)2-3-6(7)9;1-2/h2-4H,9H2,1H3;1-2H3. The summed E-state index contributed by atoms with van der Waals surface area (Å²) in [4.78, 5) is 0. The highest BCUT2D eigenvalue weighted by Crippen LogP contribution is 2.24. The van der Waals surface area contributed by atoms with Crippen molar-refractivity contribution in [3.63, 3.8) is 0 Å². The summed E-state index contributed by atoms with van der Waals surface area (Å²) in [6, 6.07) is 5.50. The fourth-order valence-corrected chi connectivity index (χ4v) is 1.03. The molecule has 1 rings (SSSR count). The molecule has 1 aromatic rings. The van der Waals surface area contributed by atoms with Crippen LogP contribution in [-0.2, 0) is 0 Å². The Hall–Kier alpha value is -0.700. The first-order valence-electron chi connectivity index (χ1n) is 3.83. The van der Waals surface area contributed by atoms with Crippen LogP contribution in [0.25, 0.3) is 0 Å². The number of ether oxygens (including phenoxy) is 1. The Kier molecular flexibility index (Phi) is 5.54. The predicted octanol–water partition coefficient (Wildman–Crippen LogP) is 3.07. The number of methoxy groups -OCH3 is 1. The zero-order chi connectivity index (χ0) is 9.56. The number of benzene rings is 1. The highest BCUT2D eigenvalue weighted by atomic mass is 79.9. The van der Waals surface area contributed by atoms with E-state index in [0.29, 0.717) is 11.4 Å². The highest BCUT2D eigenvalue weighted by Gasteiger charge is 1.96. The van der Waals surface area contributed by atoms with Gasteiger partial charge in [0.15, 0.2) is 0 Å². The Bertz CT molecular complexity index is 238. The van der Waals surface area contributed by atoms with Gasteiger partial charge in [0.1, 0.15) is 5.75 Å². The molecule has 2 N–H and O–H groups in total. The quantitative estimate of drug-likeness (QED) is 0.755. The van der Waals surface area contributed by atoms with Gasteiger partial charge >= 0.3 is 0 Å². The SMILES string of the molecule is CC.COc1cc(Br)ccc1N. The Morgan fingerprint density at radius 2 is 1.92 bits per heavy atom. The maximum absolute atomic E-state index is 5.55.